The molecule has 0 amide bonds. The third-order valence-electron chi connectivity index (χ3n) is 5.40. The van der Waals surface area contributed by atoms with Crippen molar-refractivity contribution >= 4 is 22.5 Å². The van der Waals surface area contributed by atoms with Crippen molar-refractivity contribution in [2.45, 2.75) is 40.5 Å². The van der Waals surface area contributed by atoms with Crippen LogP contribution in [0.3, 0.4) is 0 Å². The summed E-state index contributed by atoms with van der Waals surface area (Å²) >= 11 is 0. The van der Waals surface area contributed by atoms with Crippen LogP contribution in [0, 0.1) is 13.8 Å². The van der Waals surface area contributed by atoms with Gasteiger partial charge in [0, 0.05) is 50.2 Å². The predicted molar refractivity (Wildman–Crippen MR) is 115 cm³/mol. The van der Waals surface area contributed by atoms with Crippen LogP contribution in [0.4, 0.5) is 5.82 Å². The van der Waals surface area contributed by atoms with Gasteiger partial charge in [-0.15, -0.1) is 5.10 Å². The number of fused-ring (bicyclic) bond motifs is 3. The van der Waals surface area contributed by atoms with Crippen LogP contribution in [0.15, 0.2) is 24.3 Å². The molecule has 0 N–H and O–H groups in total. The number of aryl methyl sites for hydroxylation is 3. The SMILES string of the molecule is C=C(C)CN1CCN(c2cc(CCC)nc3c4c(C)cc(C)nc4nn23)CC1. The Balaban J connectivity index is 1.79. The van der Waals surface area contributed by atoms with Gasteiger partial charge in [0.15, 0.2) is 11.3 Å². The summed E-state index contributed by atoms with van der Waals surface area (Å²) in [6.45, 7) is 17.5. The van der Waals surface area contributed by atoms with Crippen molar-refractivity contribution in [3.05, 3.63) is 41.2 Å². The summed E-state index contributed by atoms with van der Waals surface area (Å²) in [5.41, 5.74) is 6.27. The van der Waals surface area contributed by atoms with E-state index in [4.69, 9.17) is 10.1 Å². The lowest BCUT2D eigenvalue weighted by atomic mass is 10.1. The molecule has 4 heterocycles. The molecule has 4 rings (SSSR count). The zero-order valence-electron chi connectivity index (χ0n) is 17.5. The highest BCUT2D eigenvalue weighted by atomic mass is 15.4. The topological polar surface area (TPSA) is 49.6 Å². The molecule has 6 nitrogen and oxygen atoms in total. The highest BCUT2D eigenvalue weighted by Gasteiger charge is 2.22. The van der Waals surface area contributed by atoms with E-state index >= 15 is 0 Å². The van der Waals surface area contributed by atoms with E-state index in [2.05, 4.69) is 54.3 Å². The first kappa shape index (κ1) is 18.9. The molecule has 0 saturated carbocycles. The standard InChI is InChI=1S/C22H30N6/c1-6-7-18-13-19(27-10-8-26(9-11-27)14-15(2)3)28-22(24-18)20-16(4)12-17(5)23-21(20)25-28/h12-13H,2,6-11,14H2,1,3-5H3. The second kappa shape index (κ2) is 7.51. The van der Waals surface area contributed by atoms with E-state index in [1.807, 2.05) is 11.4 Å². The van der Waals surface area contributed by atoms with Crippen LogP contribution in [0.5, 0.6) is 0 Å². The van der Waals surface area contributed by atoms with E-state index in [-0.39, 0.29) is 0 Å². The molecule has 0 radical (unpaired) electrons. The summed E-state index contributed by atoms with van der Waals surface area (Å²) in [6.07, 6.45) is 2.06. The van der Waals surface area contributed by atoms with Gasteiger partial charge < -0.3 is 4.90 Å². The maximum absolute atomic E-state index is 4.97. The lowest BCUT2D eigenvalue weighted by Crippen LogP contribution is -2.47. The van der Waals surface area contributed by atoms with Gasteiger partial charge in [-0.25, -0.2) is 9.97 Å². The van der Waals surface area contributed by atoms with Gasteiger partial charge in [0.1, 0.15) is 5.82 Å². The quantitative estimate of drug-likeness (QED) is 0.636. The predicted octanol–water partition coefficient (Wildman–Crippen LogP) is 3.54. The number of hydrogen-bond donors (Lipinski definition) is 0. The molecule has 3 aromatic heterocycles. The summed E-state index contributed by atoms with van der Waals surface area (Å²) in [5, 5.41) is 5.93. The van der Waals surface area contributed by atoms with E-state index < -0.39 is 0 Å². The minimum absolute atomic E-state index is 0.792. The molecular weight excluding hydrogens is 348 g/mol. The second-order valence-electron chi connectivity index (χ2n) is 8.09. The highest BCUT2D eigenvalue weighted by Crippen LogP contribution is 2.27. The Labute approximate surface area is 166 Å². The van der Waals surface area contributed by atoms with Crippen molar-refractivity contribution < 1.29 is 0 Å². The maximum atomic E-state index is 4.97. The van der Waals surface area contributed by atoms with Crippen LogP contribution < -0.4 is 4.90 Å². The minimum atomic E-state index is 0.792. The number of aromatic nitrogens is 4. The molecule has 0 bridgehead atoms. The Morgan fingerprint density at radius 1 is 1.11 bits per heavy atom. The first-order chi connectivity index (χ1) is 13.5. The van der Waals surface area contributed by atoms with E-state index in [1.54, 1.807) is 0 Å². The first-order valence-electron chi connectivity index (χ1n) is 10.2. The number of hydrogen-bond acceptors (Lipinski definition) is 5. The molecular formula is C22H30N6. The van der Waals surface area contributed by atoms with Crippen molar-refractivity contribution in [3.63, 3.8) is 0 Å². The summed E-state index contributed by atoms with van der Waals surface area (Å²) in [6, 6.07) is 4.34. The third kappa shape index (κ3) is 3.49. The first-order valence-corrected chi connectivity index (χ1v) is 10.2. The van der Waals surface area contributed by atoms with Gasteiger partial charge >= 0.3 is 0 Å². The van der Waals surface area contributed by atoms with Crippen molar-refractivity contribution in [2.75, 3.05) is 37.6 Å². The number of piperazine rings is 1. The van der Waals surface area contributed by atoms with Crippen LogP contribution in [0.2, 0.25) is 0 Å². The summed E-state index contributed by atoms with van der Waals surface area (Å²) in [5.74, 6) is 1.14. The zero-order valence-corrected chi connectivity index (χ0v) is 17.5. The van der Waals surface area contributed by atoms with Gasteiger partial charge in [-0.3, -0.25) is 4.90 Å². The molecule has 0 spiro atoms. The maximum Gasteiger partial charge on any atom is 0.184 e. The second-order valence-corrected chi connectivity index (χ2v) is 8.09. The molecule has 1 saturated heterocycles. The number of nitrogens with zero attached hydrogens (tertiary/aromatic N) is 6. The molecule has 148 valence electrons. The van der Waals surface area contributed by atoms with Gasteiger partial charge in [-0.05, 0) is 38.8 Å². The largest absolute Gasteiger partial charge is 0.354 e. The van der Waals surface area contributed by atoms with Crippen LogP contribution in [-0.4, -0.2) is 57.2 Å². The summed E-state index contributed by atoms with van der Waals surface area (Å²) in [7, 11) is 0. The summed E-state index contributed by atoms with van der Waals surface area (Å²) in [4.78, 5) is 14.5. The average Bonchev–Trinajstić information content (AvgIpc) is 3.00. The average molecular weight is 379 g/mol. The molecule has 0 unspecified atom stereocenters. The molecule has 3 aromatic rings. The zero-order chi connectivity index (χ0) is 19.8. The summed E-state index contributed by atoms with van der Waals surface area (Å²) < 4.78 is 2.01. The molecule has 0 aliphatic carbocycles. The van der Waals surface area contributed by atoms with Gasteiger partial charge in [-0.1, -0.05) is 25.5 Å². The Morgan fingerprint density at radius 2 is 1.86 bits per heavy atom. The van der Waals surface area contributed by atoms with Gasteiger partial charge in [-0.2, -0.15) is 4.52 Å². The monoisotopic (exact) mass is 378 g/mol. The smallest absolute Gasteiger partial charge is 0.184 e. The fourth-order valence-electron chi connectivity index (χ4n) is 4.18. The minimum Gasteiger partial charge on any atom is -0.354 e. The van der Waals surface area contributed by atoms with Crippen LogP contribution in [0.1, 0.15) is 37.2 Å². The van der Waals surface area contributed by atoms with E-state index in [1.165, 1.54) is 11.1 Å². The van der Waals surface area contributed by atoms with Crippen molar-refractivity contribution in [2.24, 2.45) is 0 Å². The molecule has 6 heteroatoms. The normalized spacial score (nSPS) is 15.6. The number of rotatable bonds is 5. The van der Waals surface area contributed by atoms with E-state index in [9.17, 15) is 0 Å². The Morgan fingerprint density at radius 3 is 2.54 bits per heavy atom. The van der Waals surface area contributed by atoms with Crippen LogP contribution in [-0.2, 0) is 6.42 Å². The number of pyridine rings is 1. The van der Waals surface area contributed by atoms with Crippen molar-refractivity contribution in [1.82, 2.24) is 24.5 Å². The molecule has 28 heavy (non-hydrogen) atoms. The lowest BCUT2D eigenvalue weighted by molar-refractivity contribution is 0.277. The van der Waals surface area contributed by atoms with Gasteiger partial charge in [0.05, 0.1) is 5.39 Å². The molecule has 1 aliphatic rings. The molecule has 0 atom stereocenters. The fraction of sp³-hybridized carbons (Fsp3) is 0.500. The van der Waals surface area contributed by atoms with E-state index in [0.29, 0.717) is 0 Å². The third-order valence-corrected chi connectivity index (χ3v) is 5.40. The highest BCUT2D eigenvalue weighted by molar-refractivity contribution is 5.93. The van der Waals surface area contributed by atoms with Crippen molar-refractivity contribution in [1.29, 1.82) is 0 Å². The van der Waals surface area contributed by atoms with Crippen molar-refractivity contribution in [3.8, 4) is 0 Å². The van der Waals surface area contributed by atoms with Gasteiger partial charge in [0.25, 0.3) is 0 Å². The number of anilines is 1. The van der Waals surface area contributed by atoms with E-state index in [0.717, 1.165) is 79.5 Å². The van der Waals surface area contributed by atoms with Gasteiger partial charge in [0.2, 0.25) is 0 Å². The Hall–Kier alpha value is -2.47. The molecule has 1 aliphatic heterocycles. The Bertz CT molecular complexity index is 1030. The fourth-order valence-corrected chi connectivity index (χ4v) is 4.18. The lowest BCUT2D eigenvalue weighted by Gasteiger charge is -2.36. The molecule has 1 fully saturated rings. The molecule has 0 aromatic carbocycles. The van der Waals surface area contributed by atoms with Crippen LogP contribution in [0.25, 0.3) is 16.7 Å². The van der Waals surface area contributed by atoms with Crippen LogP contribution >= 0.6 is 0 Å². The Kier molecular flexibility index (Phi) is 5.06.